The zero-order valence-corrected chi connectivity index (χ0v) is 11.1. The van der Waals surface area contributed by atoms with E-state index in [9.17, 15) is 20.2 Å². The summed E-state index contributed by atoms with van der Waals surface area (Å²) in [5.41, 5.74) is 0. The summed E-state index contributed by atoms with van der Waals surface area (Å²) < 4.78 is 0. The minimum absolute atomic E-state index is 0.400. The van der Waals surface area contributed by atoms with E-state index in [4.69, 9.17) is 0 Å². The van der Waals surface area contributed by atoms with Crippen LogP contribution in [0.5, 0.6) is 0 Å². The monoisotopic (exact) mass is 264 g/mol. The van der Waals surface area contributed by atoms with E-state index in [2.05, 4.69) is 0 Å². The predicted molar refractivity (Wildman–Crippen MR) is 68.2 cm³/mol. The van der Waals surface area contributed by atoms with Gasteiger partial charge in [-0.3, -0.25) is 20.2 Å². The Morgan fingerprint density at radius 1 is 0.941 bits per heavy atom. The fourth-order valence-corrected chi connectivity index (χ4v) is 2.55. The fourth-order valence-electron chi connectivity index (χ4n) is 1.39. The molecule has 0 fully saturated rings. The van der Waals surface area contributed by atoms with Crippen molar-refractivity contribution in [2.75, 3.05) is 0 Å². The SMILES string of the molecule is CCCCC(SC(CCCC)[N+](=O)[O-])[N+](=O)[O-]. The van der Waals surface area contributed by atoms with Crippen molar-refractivity contribution >= 4 is 11.8 Å². The Balaban J connectivity index is 4.34. The van der Waals surface area contributed by atoms with Crippen LogP contribution in [0.3, 0.4) is 0 Å². The van der Waals surface area contributed by atoms with Crippen molar-refractivity contribution in [2.24, 2.45) is 0 Å². The Kier molecular flexibility index (Phi) is 8.75. The van der Waals surface area contributed by atoms with Crippen molar-refractivity contribution in [2.45, 2.75) is 63.1 Å². The number of unbranched alkanes of at least 4 members (excludes halogenated alkanes) is 2. The minimum atomic E-state index is -0.845. The summed E-state index contributed by atoms with van der Waals surface area (Å²) in [6.07, 6.45) is 4.01. The molecule has 2 atom stereocenters. The smallest absolute Gasteiger partial charge is 0.263 e. The van der Waals surface area contributed by atoms with Gasteiger partial charge in [0.2, 0.25) is 0 Å². The first-order valence-corrected chi connectivity index (χ1v) is 6.89. The number of nitrogens with zero attached hydrogens (tertiary/aromatic N) is 2. The Morgan fingerprint density at radius 3 is 1.53 bits per heavy atom. The second-order valence-electron chi connectivity index (χ2n) is 3.90. The molecule has 17 heavy (non-hydrogen) atoms. The molecular formula is C10H20N2O4S. The highest BCUT2D eigenvalue weighted by atomic mass is 32.2. The van der Waals surface area contributed by atoms with Crippen LogP contribution in [0.2, 0.25) is 0 Å². The highest BCUT2D eigenvalue weighted by Gasteiger charge is 2.31. The van der Waals surface area contributed by atoms with Crippen molar-refractivity contribution in [3.63, 3.8) is 0 Å². The molecule has 0 aromatic rings. The van der Waals surface area contributed by atoms with Crippen molar-refractivity contribution < 1.29 is 9.85 Å². The molecule has 0 N–H and O–H groups in total. The third-order valence-electron chi connectivity index (χ3n) is 2.39. The largest absolute Gasteiger partial charge is 0.264 e. The molecule has 7 heteroatoms. The number of hydrogen-bond donors (Lipinski definition) is 0. The van der Waals surface area contributed by atoms with Crippen LogP contribution < -0.4 is 0 Å². The molecule has 0 spiro atoms. The topological polar surface area (TPSA) is 86.3 Å². The summed E-state index contributed by atoms with van der Waals surface area (Å²) in [6.45, 7) is 3.90. The lowest BCUT2D eigenvalue weighted by molar-refractivity contribution is -0.509. The summed E-state index contributed by atoms with van der Waals surface area (Å²) in [7, 11) is 0. The molecule has 0 aliphatic heterocycles. The van der Waals surface area contributed by atoms with E-state index in [0.29, 0.717) is 12.8 Å². The first-order chi connectivity index (χ1) is 8.02. The van der Waals surface area contributed by atoms with Crippen LogP contribution in [0.15, 0.2) is 0 Å². The second kappa shape index (κ2) is 9.21. The third-order valence-corrected chi connectivity index (χ3v) is 3.84. The van der Waals surface area contributed by atoms with Crippen LogP contribution in [-0.2, 0) is 0 Å². The van der Waals surface area contributed by atoms with Gasteiger partial charge in [-0.05, 0) is 24.6 Å². The first kappa shape index (κ1) is 16.1. The molecule has 0 rings (SSSR count). The van der Waals surface area contributed by atoms with E-state index < -0.39 is 20.6 Å². The zero-order chi connectivity index (χ0) is 13.3. The molecule has 0 heterocycles. The lowest BCUT2D eigenvalue weighted by Gasteiger charge is -2.12. The molecule has 0 saturated carbocycles. The average molecular weight is 264 g/mol. The summed E-state index contributed by atoms with van der Waals surface area (Å²) in [5, 5.41) is 19.9. The Morgan fingerprint density at radius 2 is 1.29 bits per heavy atom. The van der Waals surface area contributed by atoms with Gasteiger partial charge < -0.3 is 0 Å². The quantitative estimate of drug-likeness (QED) is 0.343. The van der Waals surface area contributed by atoms with Gasteiger partial charge in [0.25, 0.3) is 10.7 Å². The van der Waals surface area contributed by atoms with E-state index in [0.717, 1.165) is 37.4 Å². The number of hydrogen-bond acceptors (Lipinski definition) is 5. The molecule has 0 amide bonds. The fraction of sp³-hybridized carbons (Fsp3) is 1.00. The van der Waals surface area contributed by atoms with Gasteiger partial charge >= 0.3 is 0 Å². The third kappa shape index (κ3) is 7.14. The highest BCUT2D eigenvalue weighted by molar-refractivity contribution is 8.00. The van der Waals surface area contributed by atoms with E-state index in [1.165, 1.54) is 0 Å². The highest BCUT2D eigenvalue weighted by Crippen LogP contribution is 2.26. The van der Waals surface area contributed by atoms with Crippen molar-refractivity contribution in [3.8, 4) is 0 Å². The molecule has 100 valence electrons. The van der Waals surface area contributed by atoms with E-state index in [-0.39, 0.29) is 0 Å². The molecule has 2 unspecified atom stereocenters. The van der Waals surface area contributed by atoms with Gasteiger partial charge in [0.15, 0.2) is 0 Å². The molecule has 0 bridgehead atoms. The van der Waals surface area contributed by atoms with E-state index in [1.807, 2.05) is 13.8 Å². The normalized spacial score (nSPS) is 14.2. The predicted octanol–water partition coefficient (Wildman–Crippen LogP) is 3.31. The molecular weight excluding hydrogens is 244 g/mol. The van der Waals surface area contributed by atoms with E-state index in [1.54, 1.807) is 0 Å². The number of thioether (sulfide) groups is 1. The average Bonchev–Trinajstić information content (AvgIpc) is 2.27. The lowest BCUT2D eigenvalue weighted by Crippen LogP contribution is -2.24. The molecule has 0 aliphatic rings. The van der Waals surface area contributed by atoms with Crippen molar-refractivity contribution in [3.05, 3.63) is 20.2 Å². The van der Waals surface area contributed by atoms with Gasteiger partial charge in [-0.25, -0.2) is 0 Å². The Labute approximate surface area is 105 Å². The molecule has 6 nitrogen and oxygen atoms in total. The van der Waals surface area contributed by atoms with Gasteiger partial charge in [-0.2, -0.15) is 0 Å². The molecule has 0 saturated heterocycles. The van der Waals surface area contributed by atoms with Crippen LogP contribution in [0.1, 0.15) is 52.4 Å². The molecule has 0 aromatic carbocycles. The second-order valence-corrected chi connectivity index (χ2v) is 5.26. The van der Waals surface area contributed by atoms with Gasteiger partial charge in [0.05, 0.1) is 0 Å². The molecule has 0 radical (unpaired) electrons. The Bertz CT molecular complexity index is 226. The minimum Gasteiger partial charge on any atom is -0.263 e. The lowest BCUT2D eigenvalue weighted by atomic mass is 10.2. The van der Waals surface area contributed by atoms with Gasteiger partial charge in [0, 0.05) is 22.7 Å². The standard InChI is InChI=1S/C10H20N2O4S/c1-3-5-7-9(11(13)14)17-10(12(15)16)8-6-4-2/h9-10H,3-8H2,1-2H3. The van der Waals surface area contributed by atoms with E-state index >= 15 is 0 Å². The maximum absolute atomic E-state index is 10.8. The van der Waals surface area contributed by atoms with Crippen LogP contribution >= 0.6 is 11.8 Å². The number of rotatable bonds is 10. The molecule has 0 aliphatic carbocycles. The van der Waals surface area contributed by atoms with Crippen LogP contribution in [0.25, 0.3) is 0 Å². The van der Waals surface area contributed by atoms with Gasteiger partial charge in [0.1, 0.15) is 0 Å². The first-order valence-electron chi connectivity index (χ1n) is 5.95. The van der Waals surface area contributed by atoms with Crippen LogP contribution in [0.4, 0.5) is 0 Å². The summed E-state index contributed by atoms with van der Waals surface area (Å²) in [4.78, 5) is 20.8. The Hall–Kier alpha value is -0.850. The maximum atomic E-state index is 10.8. The summed E-state index contributed by atoms with van der Waals surface area (Å²) in [6, 6.07) is 0. The molecule has 0 aromatic heterocycles. The van der Waals surface area contributed by atoms with Gasteiger partial charge in [-0.1, -0.05) is 26.7 Å². The number of nitro groups is 2. The summed E-state index contributed by atoms with van der Waals surface area (Å²) >= 11 is 0.888. The summed E-state index contributed by atoms with van der Waals surface area (Å²) in [5.74, 6) is 0. The van der Waals surface area contributed by atoms with Crippen molar-refractivity contribution in [1.29, 1.82) is 0 Å². The zero-order valence-electron chi connectivity index (χ0n) is 10.3. The maximum Gasteiger partial charge on any atom is 0.264 e. The van der Waals surface area contributed by atoms with Crippen LogP contribution in [0, 0.1) is 20.2 Å². The van der Waals surface area contributed by atoms with Crippen molar-refractivity contribution in [1.82, 2.24) is 0 Å². The van der Waals surface area contributed by atoms with Crippen LogP contribution in [-0.4, -0.2) is 20.6 Å². The van der Waals surface area contributed by atoms with Gasteiger partial charge in [-0.15, -0.1) is 0 Å².